The molecule has 4 heterocycles. The summed E-state index contributed by atoms with van der Waals surface area (Å²) in [6.07, 6.45) is 1.26. The summed E-state index contributed by atoms with van der Waals surface area (Å²) in [6.45, 7) is 3.11. The van der Waals surface area contributed by atoms with Gasteiger partial charge in [0.2, 0.25) is 5.95 Å². The number of hydrogen-bond acceptors (Lipinski definition) is 9. The zero-order valence-corrected chi connectivity index (χ0v) is 19.6. The Balaban J connectivity index is 1.28. The molecule has 10 nitrogen and oxygen atoms in total. The summed E-state index contributed by atoms with van der Waals surface area (Å²) in [4.78, 5) is 30.0. The quantitative estimate of drug-likeness (QED) is 0.411. The molecule has 0 radical (unpaired) electrons. The predicted molar refractivity (Wildman–Crippen MR) is 130 cm³/mol. The van der Waals surface area contributed by atoms with Crippen LogP contribution < -0.4 is 20.9 Å². The van der Waals surface area contributed by atoms with Gasteiger partial charge in [-0.05, 0) is 43.3 Å². The van der Waals surface area contributed by atoms with E-state index < -0.39 is 6.61 Å². The van der Waals surface area contributed by atoms with Gasteiger partial charge in [0.25, 0.3) is 5.56 Å². The largest absolute Gasteiger partial charge is 0.460 e. The van der Waals surface area contributed by atoms with Crippen LogP contribution in [0.15, 0.2) is 51.8 Å². The Morgan fingerprint density at radius 1 is 1.06 bits per heavy atom. The molecule has 0 aliphatic carbocycles. The molecule has 1 aromatic carbocycles. The van der Waals surface area contributed by atoms with Crippen molar-refractivity contribution in [1.82, 2.24) is 24.4 Å². The summed E-state index contributed by atoms with van der Waals surface area (Å²) in [5.41, 5.74) is 7.89. The van der Waals surface area contributed by atoms with Gasteiger partial charge < -0.3 is 19.8 Å². The maximum atomic E-state index is 12.7. The van der Waals surface area contributed by atoms with E-state index in [-0.39, 0.29) is 17.3 Å². The third-order valence-corrected chi connectivity index (χ3v) is 6.12. The fraction of sp³-hybridized carbons (Fsp3) is 0.333. The van der Waals surface area contributed by atoms with Crippen molar-refractivity contribution in [3.63, 3.8) is 0 Å². The third kappa shape index (κ3) is 4.98. The topological polar surface area (TPSA) is 116 Å². The number of alkyl halides is 2. The second-order valence-corrected chi connectivity index (χ2v) is 8.46. The first-order chi connectivity index (χ1) is 17.4. The van der Waals surface area contributed by atoms with Gasteiger partial charge in [-0.1, -0.05) is 0 Å². The number of furan rings is 1. The van der Waals surface area contributed by atoms with Crippen molar-refractivity contribution >= 4 is 22.8 Å². The number of aryl methyl sites for hydroxylation is 1. The molecule has 0 bridgehead atoms. The van der Waals surface area contributed by atoms with Crippen LogP contribution in [0.2, 0.25) is 0 Å². The first-order valence-electron chi connectivity index (χ1n) is 11.5. The van der Waals surface area contributed by atoms with Crippen LogP contribution in [0.1, 0.15) is 5.76 Å². The Morgan fingerprint density at radius 3 is 2.47 bits per heavy atom. The van der Waals surface area contributed by atoms with E-state index in [1.807, 2.05) is 13.0 Å². The monoisotopic (exact) mass is 497 g/mol. The van der Waals surface area contributed by atoms with Crippen LogP contribution in [0.5, 0.6) is 5.75 Å². The minimum Gasteiger partial charge on any atom is -0.460 e. The van der Waals surface area contributed by atoms with Gasteiger partial charge in [-0.3, -0.25) is 14.3 Å². The number of piperazine rings is 1. The highest BCUT2D eigenvalue weighted by atomic mass is 19.3. The number of aromatic nitrogens is 4. The Kier molecular flexibility index (Phi) is 6.51. The maximum Gasteiger partial charge on any atom is 0.387 e. The van der Waals surface area contributed by atoms with E-state index in [1.54, 1.807) is 34.9 Å². The van der Waals surface area contributed by atoms with Crippen LogP contribution in [0.3, 0.4) is 0 Å². The van der Waals surface area contributed by atoms with Gasteiger partial charge in [-0.25, -0.2) is 9.97 Å². The molecule has 4 aromatic rings. The molecule has 1 aliphatic rings. The highest BCUT2D eigenvalue weighted by Crippen LogP contribution is 2.26. The molecule has 5 rings (SSSR count). The van der Waals surface area contributed by atoms with E-state index in [1.165, 1.54) is 6.20 Å². The standard InChI is InChI=1S/C24H25F2N7O3/c1-15-2-7-18(35-15)20-21-22(30-24(27)29-20)33(19(34)14-28-21)13-10-31-8-11-32(12-9-31)16-3-5-17(6-4-16)36-23(25)26/h2-7,14,23H,8-13H2,1H3,(H2,27,29,30). The summed E-state index contributed by atoms with van der Waals surface area (Å²) in [7, 11) is 0. The van der Waals surface area contributed by atoms with Gasteiger partial charge in [0.15, 0.2) is 11.4 Å². The molecule has 0 unspecified atom stereocenters. The fourth-order valence-electron chi connectivity index (χ4n) is 4.32. The average molecular weight is 498 g/mol. The number of anilines is 2. The van der Waals surface area contributed by atoms with E-state index in [0.29, 0.717) is 35.7 Å². The highest BCUT2D eigenvalue weighted by molar-refractivity contribution is 5.86. The van der Waals surface area contributed by atoms with Gasteiger partial charge in [-0.2, -0.15) is 13.8 Å². The molecule has 2 N–H and O–H groups in total. The minimum atomic E-state index is -2.84. The van der Waals surface area contributed by atoms with E-state index in [0.717, 1.165) is 37.6 Å². The van der Waals surface area contributed by atoms with Gasteiger partial charge in [0.1, 0.15) is 22.7 Å². The predicted octanol–water partition coefficient (Wildman–Crippen LogP) is 2.76. The molecule has 1 fully saturated rings. The summed E-state index contributed by atoms with van der Waals surface area (Å²) < 4.78 is 36.4. The lowest BCUT2D eigenvalue weighted by atomic mass is 10.2. The molecule has 0 amide bonds. The second-order valence-electron chi connectivity index (χ2n) is 8.46. The van der Waals surface area contributed by atoms with Crippen molar-refractivity contribution in [2.75, 3.05) is 43.4 Å². The van der Waals surface area contributed by atoms with Gasteiger partial charge >= 0.3 is 6.61 Å². The molecule has 12 heteroatoms. The molecule has 0 saturated carbocycles. The molecule has 1 aliphatic heterocycles. The lowest BCUT2D eigenvalue weighted by Gasteiger charge is -2.36. The number of nitrogen functional groups attached to an aromatic ring is 1. The average Bonchev–Trinajstić information content (AvgIpc) is 3.29. The van der Waals surface area contributed by atoms with E-state index in [2.05, 4.69) is 29.5 Å². The van der Waals surface area contributed by atoms with Crippen LogP contribution in [-0.2, 0) is 6.54 Å². The van der Waals surface area contributed by atoms with Gasteiger partial charge in [0, 0.05) is 45.0 Å². The van der Waals surface area contributed by atoms with Crippen LogP contribution in [-0.4, -0.2) is 63.8 Å². The first kappa shape index (κ1) is 23.7. The SMILES string of the molecule is Cc1ccc(-c2nc(N)nc3c2ncc(=O)n3CCN2CCN(c3ccc(OC(F)F)cc3)CC2)o1. The Bertz CT molecular complexity index is 1410. The summed E-state index contributed by atoms with van der Waals surface area (Å²) in [6, 6.07) is 10.2. The maximum absolute atomic E-state index is 12.7. The highest BCUT2D eigenvalue weighted by Gasteiger charge is 2.20. The first-order valence-corrected chi connectivity index (χ1v) is 11.5. The number of benzene rings is 1. The number of rotatable bonds is 7. The third-order valence-electron chi connectivity index (χ3n) is 6.12. The van der Waals surface area contributed by atoms with Crippen LogP contribution in [0, 0.1) is 6.92 Å². The molecule has 0 atom stereocenters. The van der Waals surface area contributed by atoms with E-state index in [9.17, 15) is 13.6 Å². The molecule has 36 heavy (non-hydrogen) atoms. The number of halogens is 2. The molecule has 0 spiro atoms. The van der Waals surface area contributed by atoms with Crippen molar-refractivity contribution in [3.05, 3.63) is 58.7 Å². The minimum absolute atomic E-state index is 0.0336. The summed E-state index contributed by atoms with van der Waals surface area (Å²) >= 11 is 0. The molecule has 3 aromatic heterocycles. The van der Waals surface area contributed by atoms with E-state index in [4.69, 9.17) is 10.2 Å². The lowest BCUT2D eigenvalue weighted by Crippen LogP contribution is -2.47. The second kappa shape index (κ2) is 9.90. The molecule has 1 saturated heterocycles. The zero-order chi connectivity index (χ0) is 25.2. The van der Waals surface area contributed by atoms with Crippen molar-refractivity contribution in [2.45, 2.75) is 20.1 Å². The zero-order valence-electron chi connectivity index (χ0n) is 19.6. The van der Waals surface area contributed by atoms with Crippen molar-refractivity contribution < 1.29 is 17.9 Å². The van der Waals surface area contributed by atoms with Crippen LogP contribution >= 0.6 is 0 Å². The smallest absolute Gasteiger partial charge is 0.387 e. The Labute approximate surface area is 204 Å². The van der Waals surface area contributed by atoms with Gasteiger partial charge in [-0.15, -0.1) is 0 Å². The fourth-order valence-corrected chi connectivity index (χ4v) is 4.32. The van der Waals surface area contributed by atoms with Crippen molar-refractivity contribution in [2.24, 2.45) is 0 Å². The Morgan fingerprint density at radius 2 is 1.81 bits per heavy atom. The summed E-state index contributed by atoms with van der Waals surface area (Å²) in [5.74, 6) is 1.40. The van der Waals surface area contributed by atoms with E-state index >= 15 is 0 Å². The number of nitrogens with two attached hydrogens (primary N) is 1. The van der Waals surface area contributed by atoms with Crippen LogP contribution in [0.4, 0.5) is 20.4 Å². The number of nitrogens with zero attached hydrogens (tertiary/aromatic N) is 6. The van der Waals surface area contributed by atoms with Gasteiger partial charge in [0.05, 0.1) is 6.20 Å². The van der Waals surface area contributed by atoms with Crippen molar-refractivity contribution in [1.29, 1.82) is 0 Å². The van der Waals surface area contributed by atoms with Crippen LogP contribution in [0.25, 0.3) is 22.6 Å². The van der Waals surface area contributed by atoms with Crippen molar-refractivity contribution in [3.8, 4) is 17.2 Å². The molecule has 188 valence electrons. The Hall–Kier alpha value is -4.06. The summed E-state index contributed by atoms with van der Waals surface area (Å²) in [5, 5.41) is 0. The number of ether oxygens (including phenoxy) is 1. The lowest BCUT2D eigenvalue weighted by molar-refractivity contribution is -0.0498. The normalized spacial score (nSPS) is 14.6. The number of fused-ring (bicyclic) bond motifs is 1. The number of hydrogen-bond donors (Lipinski definition) is 1. The molecular formula is C24H25F2N7O3. The molecular weight excluding hydrogens is 472 g/mol.